The van der Waals surface area contributed by atoms with E-state index in [9.17, 15) is 14.6 Å². The summed E-state index contributed by atoms with van der Waals surface area (Å²) >= 11 is 0. The molecule has 6 heteroatoms. The lowest BCUT2D eigenvalue weighted by atomic mass is 9.64. The van der Waals surface area contributed by atoms with Crippen LogP contribution in [0.15, 0.2) is 66.9 Å². The van der Waals surface area contributed by atoms with E-state index in [0.717, 1.165) is 16.8 Å². The summed E-state index contributed by atoms with van der Waals surface area (Å²) < 4.78 is 5.62. The zero-order valence-electron chi connectivity index (χ0n) is 16.0. The number of aromatic nitrogens is 1. The summed E-state index contributed by atoms with van der Waals surface area (Å²) in [4.78, 5) is 28.8. The predicted molar refractivity (Wildman–Crippen MR) is 111 cm³/mol. The quantitative estimate of drug-likeness (QED) is 0.531. The van der Waals surface area contributed by atoms with Crippen LogP contribution in [0.1, 0.15) is 39.6 Å². The largest absolute Gasteiger partial charge is 0.535 e. The molecule has 0 aliphatic carbocycles. The van der Waals surface area contributed by atoms with Gasteiger partial charge in [-0.2, -0.15) is 0 Å². The number of nitrogens with zero attached hydrogens (tertiary/aromatic N) is 1. The van der Waals surface area contributed by atoms with Crippen LogP contribution in [-0.2, 0) is 6.42 Å². The van der Waals surface area contributed by atoms with Gasteiger partial charge in [0.25, 0.3) is 0 Å². The van der Waals surface area contributed by atoms with Crippen LogP contribution in [0.5, 0.6) is 5.75 Å². The molecule has 2 aromatic carbocycles. The maximum absolute atomic E-state index is 12.8. The van der Waals surface area contributed by atoms with E-state index in [1.807, 2.05) is 36.4 Å². The second-order valence-electron chi connectivity index (χ2n) is 7.24. The molecule has 29 heavy (non-hydrogen) atoms. The summed E-state index contributed by atoms with van der Waals surface area (Å²) in [6, 6.07) is 18.3. The fourth-order valence-corrected chi connectivity index (χ4v) is 3.65. The van der Waals surface area contributed by atoms with Crippen molar-refractivity contribution in [1.29, 1.82) is 0 Å². The first-order chi connectivity index (χ1) is 14.0. The van der Waals surface area contributed by atoms with E-state index in [0.29, 0.717) is 23.3 Å². The Hall–Kier alpha value is -3.25. The Morgan fingerprint density at radius 1 is 1.10 bits per heavy atom. The van der Waals surface area contributed by atoms with Crippen LogP contribution in [0.25, 0.3) is 11.3 Å². The van der Waals surface area contributed by atoms with Gasteiger partial charge in [-0.1, -0.05) is 42.5 Å². The SMILES string of the molecule is CC(=O)c1cccc2c1OB(O)[C@@H](CC(=O)c1ccc(-c3ccccn3)cc1)C2. The average molecular weight is 385 g/mol. The fraction of sp³-hybridized carbons (Fsp3) is 0.174. The third-order valence-electron chi connectivity index (χ3n) is 5.21. The summed E-state index contributed by atoms with van der Waals surface area (Å²) in [5, 5.41) is 10.4. The van der Waals surface area contributed by atoms with Crippen molar-refractivity contribution >= 4 is 18.7 Å². The van der Waals surface area contributed by atoms with E-state index in [-0.39, 0.29) is 23.8 Å². The maximum Gasteiger partial charge on any atom is 0.526 e. The minimum Gasteiger partial charge on any atom is -0.535 e. The van der Waals surface area contributed by atoms with Crippen molar-refractivity contribution in [2.45, 2.75) is 25.6 Å². The van der Waals surface area contributed by atoms with Gasteiger partial charge in [0.15, 0.2) is 11.6 Å². The fourth-order valence-electron chi connectivity index (χ4n) is 3.65. The molecule has 5 nitrogen and oxygen atoms in total. The van der Waals surface area contributed by atoms with Crippen LogP contribution in [0.4, 0.5) is 0 Å². The van der Waals surface area contributed by atoms with Crippen LogP contribution >= 0.6 is 0 Å². The van der Waals surface area contributed by atoms with Crippen LogP contribution in [-0.4, -0.2) is 28.7 Å². The van der Waals surface area contributed by atoms with Gasteiger partial charge < -0.3 is 9.68 Å². The summed E-state index contributed by atoms with van der Waals surface area (Å²) in [5.41, 5.74) is 3.66. The minimum absolute atomic E-state index is 0.0589. The summed E-state index contributed by atoms with van der Waals surface area (Å²) in [6.45, 7) is 1.47. The molecule has 1 aliphatic heterocycles. The molecule has 0 radical (unpaired) electrons. The highest BCUT2D eigenvalue weighted by atomic mass is 16.5. The van der Waals surface area contributed by atoms with Gasteiger partial charge in [0, 0.05) is 29.6 Å². The van der Waals surface area contributed by atoms with Crippen molar-refractivity contribution in [2.24, 2.45) is 0 Å². The lowest BCUT2D eigenvalue weighted by Crippen LogP contribution is -2.35. The zero-order valence-corrected chi connectivity index (χ0v) is 16.0. The van der Waals surface area contributed by atoms with Gasteiger partial charge in [0.1, 0.15) is 5.75 Å². The number of carbonyl (C=O) groups is 2. The molecule has 144 valence electrons. The molecule has 0 fully saturated rings. The van der Waals surface area contributed by atoms with Crippen molar-refractivity contribution < 1.29 is 19.3 Å². The number of fused-ring (bicyclic) bond motifs is 1. The highest BCUT2D eigenvalue weighted by Crippen LogP contribution is 2.36. The van der Waals surface area contributed by atoms with Crippen LogP contribution < -0.4 is 4.65 Å². The van der Waals surface area contributed by atoms with Gasteiger partial charge in [0.05, 0.1) is 11.3 Å². The number of pyridine rings is 1. The normalized spacial score (nSPS) is 15.4. The van der Waals surface area contributed by atoms with Gasteiger partial charge in [-0.25, -0.2) is 0 Å². The van der Waals surface area contributed by atoms with E-state index >= 15 is 0 Å². The summed E-state index contributed by atoms with van der Waals surface area (Å²) in [5.74, 6) is -0.114. The van der Waals surface area contributed by atoms with Gasteiger partial charge >= 0.3 is 7.12 Å². The van der Waals surface area contributed by atoms with Crippen molar-refractivity contribution in [2.75, 3.05) is 0 Å². The monoisotopic (exact) mass is 385 g/mol. The van der Waals surface area contributed by atoms with Gasteiger partial charge in [-0.3, -0.25) is 14.6 Å². The second-order valence-corrected chi connectivity index (χ2v) is 7.24. The van der Waals surface area contributed by atoms with Crippen molar-refractivity contribution in [3.05, 3.63) is 83.6 Å². The topological polar surface area (TPSA) is 76.5 Å². The van der Waals surface area contributed by atoms with Crippen molar-refractivity contribution in [1.82, 2.24) is 4.98 Å². The first kappa shape index (κ1) is 19.1. The third-order valence-corrected chi connectivity index (χ3v) is 5.21. The Kier molecular flexibility index (Phi) is 5.27. The van der Waals surface area contributed by atoms with Crippen molar-refractivity contribution in [3.8, 4) is 17.0 Å². The molecule has 0 saturated carbocycles. The number of benzene rings is 2. The Labute approximate surface area is 169 Å². The number of para-hydroxylation sites is 1. The van der Waals surface area contributed by atoms with Crippen LogP contribution in [0.3, 0.4) is 0 Å². The van der Waals surface area contributed by atoms with Gasteiger partial charge in [-0.05, 0) is 37.1 Å². The third kappa shape index (κ3) is 3.98. The Bertz CT molecular complexity index is 1050. The number of Topliss-reactive ketones (excluding diaryl/α,β-unsaturated/α-hetero) is 2. The molecule has 1 aromatic heterocycles. The Balaban J connectivity index is 1.49. The lowest BCUT2D eigenvalue weighted by Gasteiger charge is -2.28. The number of hydrogen-bond acceptors (Lipinski definition) is 5. The molecule has 2 heterocycles. The van der Waals surface area contributed by atoms with E-state index in [4.69, 9.17) is 4.65 Å². The zero-order chi connectivity index (χ0) is 20.4. The van der Waals surface area contributed by atoms with Crippen LogP contribution in [0, 0.1) is 0 Å². The molecule has 1 aliphatic rings. The molecule has 1 atom stereocenters. The molecule has 0 bridgehead atoms. The van der Waals surface area contributed by atoms with Gasteiger partial charge in [0.2, 0.25) is 0 Å². The van der Waals surface area contributed by atoms with E-state index in [1.54, 1.807) is 30.5 Å². The predicted octanol–water partition coefficient (Wildman–Crippen LogP) is 4.01. The molecule has 4 rings (SSSR count). The Morgan fingerprint density at radius 2 is 1.90 bits per heavy atom. The molecule has 1 N–H and O–H groups in total. The van der Waals surface area contributed by atoms with Crippen LogP contribution in [0.2, 0.25) is 5.82 Å². The number of rotatable bonds is 5. The average Bonchev–Trinajstić information content (AvgIpc) is 2.74. The molecule has 0 spiro atoms. The maximum atomic E-state index is 12.8. The smallest absolute Gasteiger partial charge is 0.526 e. The second kappa shape index (κ2) is 8.01. The molecule has 0 amide bonds. The molecule has 3 aromatic rings. The van der Waals surface area contributed by atoms with E-state index in [2.05, 4.69) is 4.98 Å². The lowest BCUT2D eigenvalue weighted by molar-refractivity contribution is 0.0971. The van der Waals surface area contributed by atoms with E-state index < -0.39 is 7.12 Å². The minimum atomic E-state index is -1.13. The molecular formula is C23H20BNO4. The Morgan fingerprint density at radius 3 is 2.59 bits per heavy atom. The van der Waals surface area contributed by atoms with Gasteiger partial charge in [-0.15, -0.1) is 0 Å². The molecule has 0 saturated heterocycles. The first-order valence-corrected chi connectivity index (χ1v) is 9.55. The number of ketones is 2. The summed E-state index contributed by atoms with van der Waals surface area (Å²) in [7, 11) is -1.13. The number of hydrogen-bond donors (Lipinski definition) is 1. The van der Waals surface area contributed by atoms with Crippen molar-refractivity contribution in [3.63, 3.8) is 0 Å². The molecular weight excluding hydrogens is 365 g/mol. The van der Waals surface area contributed by atoms with E-state index in [1.165, 1.54) is 6.92 Å². The highest BCUT2D eigenvalue weighted by Gasteiger charge is 2.37. The first-order valence-electron chi connectivity index (χ1n) is 9.55. The summed E-state index contributed by atoms with van der Waals surface area (Å²) in [6.07, 6.45) is 2.37. The molecule has 0 unspecified atom stereocenters. The highest BCUT2D eigenvalue weighted by molar-refractivity contribution is 6.47. The standard InChI is InChI=1S/C23H20BNO4/c1-15(26)20-6-4-5-18-13-19(24(28)29-23(18)20)14-22(27)17-10-8-16(9-11-17)21-7-2-3-12-25-21/h2-12,19,28H,13-14H2,1H3/t19-/m1/s1. The number of carbonyl (C=O) groups excluding carboxylic acids is 2.